The fourth-order valence-corrected chi connectivity index (χ4v) is 1.73. The van der Waals surface area contributed by atoms with E-state index in [2.05, 4.69) is 0 Å². The molecule has 19 heavy (non-hydrogen) atoms. The second-order valence-electron chi connectivity index (χ2n) is 5.12. The van der Waals surface area contributed by atoms with Crippen LogP contribution >= 0.6 is 11.6 Å². The van der Waals surface area contributed by atoms with Crippen LogP contribution in [0.2, 0.25) is 5.02 Å². The summed E-state index contributed by atoms with van der Waals surface area (Å²) in [5, 5.41) is 18.3. The largest absolute Gasteiger partial charge is 0.506 e. The van der Waals surface area contributed by atoms with Gasteiger partial charge >= 0.3 is 5.97 Å². The molecule has 6 heteroatoms. The smallest absolute Gasteiger partial charge is 0.323 e. The zero-order valence-corrected chi connectivity index (χ0v) is 11.7. The van der Waals surface area contributed by atoms with E-state index in [-0.39, 0.29) is 16.3 Å². The highest BCUT2D eigenvalue weighted by atomic mass is 35.5. The van der Waals surface area contributed by atoms with Crippen molar-refractivity contribution in [3.63, 3.8) is 0 Å². The normalized spacial score (nSPS) is 11.2. The molecule has 104 valence electrons. The van der Waals surface area contributed by atoms with E-state index in [1.54, 1.807) is 20.8 Å². The van der Waals surface area contributed by atoms with Crippen LogP contribution in [0, 0.1) is 0 Å². The van der Waals surface area contributed by atoms with Crippen molar-refractivity contribution >= 4 is 23.5 Å². The molecule has 0 unspecified atom stereocenters. The van der Waals surface area contributed by atoms with Crippen molar-refractivity contribution in [1.29, 1.82) is 0 Å². The number of benzene rings is 1. The van der Waals surface area contributed by atoms with Gasteiger partial charge in [-0.1, -0.05) is 11.6 Å². The Labute approximate surface area is 116 Å². The van der Waals surface area contributed by atoms with Crippen LogP contribution in [0.5, 0.6) is 5.75 Å². The number of carboxylic acid groups (broad SMARTS) is 1. The van der Waals surface area contributed by atoms with Crippen LogP contribution in [0.4, 0.5) is 0 Å². The molecule has 2 N–H and O–H groups in total. The fourth-order valence-electron chi connectivity index (χ4n) is 1.54. The van der Waals surface area contributed by atoms with E-state index < -0.39 is 24.0 Å². The van der Waals surface area contributed by atoms with Crippen LogP contribution in [0.1, 0.15) is 31.1 Å². The van der Waals surface area contributed by atoms with Crippen LogP contribution < -0.4 is 0 Å². The molecule has 0 heterocycles. The van der Waals surface area contributed by atoms with E-state index in [4.69, 9.17) is 16.7 Å². The van der Waals surface area contributed by atoms with Gasteiger partial charge in [0.2, 0.25) is 0 Å². The lowest BCUT2D eigenvalue weighted by molar-refractivity contribution is -0.138. The summed E-state index contributed by atoms with van der Waals surface area (Å²) >= 11 is 5.75. The number of carbonyl (C=O) groups excluding carboxylic acids is 1. The fraction of sp³-hybridized carbons (Fsp3) is 0.385. The van der Waals surface area contributed by atoms with Gasteiger partial charge in [0.15, 0.2) is 0 Å². The van der Waals surface area contributed by atoms with E-state index >= 15 is 0 Å². The van der Waals surface area contributed by atoms with Crippen LogP contribution in [-0.4, -0.2) is 39.1 Å². The van der Waals surface area contributed by atoms with Gasteiger partial charge in [-0.3, -0.25) is 9.59 Å². The Morgan fingerprint density at radius 1 is 1.32 bits per heavy atom. The molecule has 0 atom stereocenters. The zero-order valence-electron chi connectivity index (χ0n) is 11.0. The number of hydrogen-bond acceptors (Lipinski definition) is 3. The molecule has 0 saturated carbocycles. The standard InChI is InChI=1S/C13H16ClNO4/c1-13(2,3)15(7-11(17)18)12(19)8-4-5-10(16)9(14)6-8/h4-6,16H,7H2,1-3H3,(H,17,18). The molecule has 0 aliphatic rings. The van der Waals surface area contributed by atoms with Gasteiger partial charge in [-0.15, -0.1) is 0 Å². The third-order valence-corrected chi connectivity index (χ3v) is 2.85. The second kappa shape index (κ2) is 5.48. The second-order valence-corrected chi connectivity index (χ2v) is 5.53. The van der Waals surface area contributed by atoms with E-state index in [1.165, 1.54) is 23.1 Å². The monoisotopic (exact) mass is 285 g/mol. The van der Waals surface area contributed by atoms with Gasteiger partial charge in [-0.2, -0.15) is 0 Å². The van der Waals surface area contributed by atoms with Crippen molar-refractivity contribution in [1.82, 2.24) is 4.90 Å². The lowest BCUT2D eigenvalue weighted by Gasteiger charge is -2.34. The molecular weight excluding hydrogens is 270 g/mol. The van der Waals surface area contributed by atoms with Crippen LogP contribution in [0.25, 0.3) is 0 Å². The Hall–Kier alpha value is -1.75. The Morgan fingerprint density at radius 2 is 1.89 bits per heavy atom. The van der Waals surface area contributed by atoms with Gasteiger partial charge in [-0.25, -0.2) is 0 Å². The molecule has 5 nitrogen and oxygen atoms in total. The lowest BCUT2D eigenvalue weighted by Crippen LogP contribution is -2.48. The first-order chi connectivity index (χ1) is 8.62. The van der Waals surface area contributed by atoms with Gasteiger partial charge in [0, 0.05) is 11.1 Å². The minimum Gasteiger partial charge on any atom is -0.506 e. The summed E-state index contributed by atoms with van der Waals surface area (Å²) in [5.74, 6) is -1.66. The number of aromatic hydroxyl groups is 1. The molecule has 0 radical (unpaired) electrons. The van der Waals surface area contributed by atoms with Crippen molar-refractivity contribution < 1.29 is 19.8 Å². The molecule has 1 rings (SSSR count). The average molecular weight is 286 g/mol. The number of hydrogen-bond donors (Lipinski definition) is 2. The Balaban J connectivity index is 3.12. The number of carboxylic acids is 1. The number of nitrogens with zero attached hydrogens (tertiary/aromatic N) is 1. The number of carbonyl (C=O) groups is 2. The molecule has 1 amide bonds. The third-order valence-electron chi connectivity index (χ3n) is 2.54. The predicted molar refractivity (Wildman–Crippen MR) is 71.5 cm³/mol. The summed E-state index contributed by atoms with van der Waals surface area (Å²) < 4.78 is 0. The zero-order chi connectivity index (χ0) is 14.8. The van der Waals surface area contributed by atoms with Crippen molar-refractivity contribution in [3.05, 3.63) is 28.8 Å². The highest BCUT2D eigenvalue weighted by Crippen LogP contribution is 2.25. The van der Waals surface area contributed by atoms with E-state index in [9.17, 15) is 14.7 Å². The number of rotatable bonds is 3. The van der Waals surface area contributed by atoms with Gasteiger partial charge in [0.05, 0.1) is 5.02 Å². The number of aliphatic carboxylic acids is 1. The topological polar surface area (TPSA) is 77.8 Å². The highest BCUT2D eigenvalue weighted by Gasteiger charge is 2.29. The molecule has 1 aromatic carbocycles. The van der Waals surface area contributed by atoms with Gasteiger partial charge in [0.25, 0.3) is 5.91 Å². The molecule has 0 bridgehead atoms. The minimum atomic E-state index is -1.09. The first-order valence-electron chi connectivity index (χ1n) is 5.65. The summed E-state index contributed by atoms with van der Waals surface area (Å²) in [6.45, 7) is 4.84. The molecule has 0 aromatic heterocycles. The molecule has 0 saturated heterocycles. The van der Waals surface area contributed by atoms with Gasteiger partial charge in [0.1, 0.15) is 12.3 Å². The number of amides is 1. The maximum atomic E-state index is 12.3. The molecular formula is C13H16ClNO4. The average Bonchev–Trinajstić information content (AvgIpc) is 2.27. The summed E-state index contributed by atoms with van der Waals surface area (Å²) in [7, 11) is 0. The van der Waals surface area contributed by atoms with Crippen molar-refractivity contribution in [2.75, 3.05) is 6.54 Å². The van der Waals surface area contributed by atoms with Crippen LogP contribution in [-0.2, 0) is 4.79 Å². The van der Waals surface area contributed by atoms with Crippen molar-refractivity contribution in [2.24, 2.45) is 0 Å². The van der Waals surface area contributed by atoms with Crippen LogP contribution in [0.15, 0.2) is 18.2 Å². The lowest BCUT2D eigenvalue weighted by atomic mass is 10.0. The highest BCUT2D eigenvalue weighted by molar-refractivity contribution is 6.32. The SMILES string of the molecule is CC(C)(C)N(CC(=O)O)C(=O)c1ccc(O)c(Cl)c1. The molecule has 0 fully saturated rings. The molecule has 0 aliphatic heterocycles. The predicted octanol–water partition coefficient (Wildman–Crippen LogP) is 2.37. The van der Waals surface area contributed by atoms with Crippen LogP contribution in [0.3, 0.4) is 0 Å². The number of halogens is 1. The molecule has 0 aliphatic carbocycles. The number of phenolic OH excluding ortho intramolecular Hbond substituents is 1. The third kappa shape index (κ3) is 3.86. The summed E-state index contributed by atoms with van der Waals surface area (Å²) in [4.78, 5) is 24.4. The Morgan fingerprint density at radius 3 is 2.32 bits per heavy atom. The maximum Gasteiger partial charge on any atom is 0.323 e. The first kappa shape index (κ1) is 15.3. The Bertz CT molecular complexity index is 508. The van der Waals surface area contributed by atoms with E-state index in [1.807, 2.05) is 0 Å². The molecule has 0 spiro atoms. The van der Waals surface area contributed by atoms with Crippen molar-refractivity contribution in [3.8, 4) is 5.75 Å². The Kier molecular flexibility index (Phi) is 4.42. The minimum absolute atomic E-state index is 0.0510. The van der Waals surface area contributed by atoms with Crippen molar-refractivity contribution in [2.45, 2.75) is 26.3 Å². The maximum absolute atomic E-state index is 12.3. The molecule has 1 aromatic rings. The van der Waals surface area contributed by atoms with E-state index in [0.29, 0.717) is 0 Å². The quantitative estimate of drug-likeness (QED) is 0.894. The summed E-state index contributed by atoms with van der Waals surface area (Å²) in [6.07, 6.45) is 0. The van der Waals surface area contributed by atoms with Gasteiger partial charge in [-0.05, 0) is 39.0 Å². The first-order valence-corrected chi connectivity index (χ1v) is 6.03. The van der Waals surface area contributed by atoms with E-state index in [0.717, 1.165) is 0 Å². The number of phenols is 1. The summed E-state index contributed by atoms with van der Waals surface area (Å²) in [6, 6.07) is 4.03. The summed E-state index contributed by atoms with van der Waals surface area (Å²) in [5.41, 5.74) is -0.404. The van der Waals surface area contributed by atoms with Gasteiger partial charge < -0.3 is 15.1 Å².